The van der Waals surface area contributed by atoms with Gasteiger partial charge in [-0.25, -0.2) is 8.78 Å². The number of nitrogens with zero attached hydrogens (tertiary/aromatic N) is 1. The van der Waals surface area contributed by atoms with Gasteiger partial charge in [-0.1, -0.05) is 6.07 Å². The summed E-state index contributed by atoms with van der Waals surface area (Å²) in [4.78, 5) is 0. The van der Waals surface area contributed by atoms with E-state index in [1.165, 1.54) is 6.07 Å². The Kier molecular flexibility index (Phi) is 3.66. The Hall–Kier alpha value is -1.34. The minimum absolute atomic E-state index is 0.254. The molecule has 1 aromatic carbocycles. The highest BCUT2D eigenvalue weighted by molar-refractivity contribution is 6.22. The van der Waals surface area contributed by atoms with Crippen LogP contribution in [0.4, 0.5) is 8.78 Å². The molecule has 0 spiro atoms. The van der Waals surface area contributed by atoms with E-state index in [1.54, 1.807) is 6.07 Å². The molecule has 1 rings (SSSR count). The first kappa shape index (κ1) is 10.7. The minimum Gasteiger partial charge on any atom is -0.485 e. The average molecular weight is 218 g/mol. The van der Waals surface area contributed by atoms with Crippen molar-refractivity contribution >= 4 is 11.6 Å². The first-order valence-corrected chi connectivity index (χ1v) is 4.19. The molecule has 0 bridgehead atoms. The summed E-state index contributed by atoms with van der Waals surface area (Å²) in [7, 11) is 0. The standard InChI is InChI=1S/C9H6ClF2NO/c10-6(4-13)5-14-9-7(11)2-1-3-8(9)12/h1-3,6H,5H2. The summed E-state index contributed by atoms with van der Waals surface area (Å²) in [6.45, 7) is -0.254. The van der Waals surface area contributed by atoms with Crippen LogP contribution < -0.4 is 4.74 Å². The van der Waals surface area contributed by atoms with Crippen LogP contribution in [0.3, 0.4) is 0 Å². The number of para-hydroxylation sites is 1. The lowest BCUT2D eigenvalue weighted by Crippen LogP contribution is -2.10. The summed E-state index contributed by atoms with van der Waals surface area (Å²) in [5.74, 6) is -2.13. The first-order chi connectivity index (χ1) is 6.65. The Balaban J connectivity index is 2.72. The predicted octanol–water partition coefficient (Wildman–Crippen LogP) is 2.47. The monoisotopic (exact) mass is 217 g/mol. The van der Waals surface area contributed by atoms with Gasteiger partial charge < -0.3 is 4.74 Å². The molecule has 1 unspecified atom stereocenters. The predicted molar refractivity (Wildman–Crippen MR) is 47.1 cm³/mol. The number of nitriles is 1. The van der Waals surface area contributed by atoms with E-state index in [4.69, 9.17) is 21.6 Å². The van der Waals surface area contributed by atoms with E-state index in [0.717, 1.165) is 12.1 Å². The Morgan fingerprint density at radius 2 is 2.00 bits per heavy atom. The molecule has 74 valence electrons. The Labute approximate surface area is 84.7 Å². The van der Waals surface area contributed by atoms with Gasteiger partial charge in [-0.2, -0.15) is 5.26 Å². The molecule has 0 amide bonds. The third-order valence-electron chi connectivity index (χ3n) is 1.43. The van der Waals surface area contributed by atoms with Crippen LogP contribution in [-0.4, -0.2) is 12.0 Å². The fraction of sp³-hybridized carbons (Fsp3) is 0.222. The maximum Gasteiger partial charge on any atom is 0.190 e. The van der Waals surface area contributed by atoms with Crippen molar-refractivity contribution in [3.05, 3.63) is 29.8 Å². The average Bonchev–Trinajstić information content (AvgIpc) is 2.16. The molecule has 14 heavy (non-hydrogen) atoms. The molecule has 0 aliphatic carbocycles. The van der Waals surface area contributed by atoms with Crippen LogP contribution >= 0.6 is 11.6 Å². The van der Waals surface area contributed by atoms with Crippen molar-refractivity contribution in [1.82, 2.24) is 0 Å². The molecule has 0 aromatic heterocycles. The van der Waals surface area contributed by atoms with E-state index in [0.29, 0.717) is 0 Å². The van der Waals surface area contributed by atoms with Crippen molar-refractivity contribution in [2.24, 2.45) is 0 Å². The third kappa shape index (κ3) is 2.57. The highest BCUT2D eigenvalue weighted by Crippen LogP contribution is 2.21. The lowest BCUT2D eigenvalue weighted by atomic mass is 10.3. The second-order valence-electron chi connectivity index (χ2n) is 2.46. The highest BCUT2D eigenvalue weighted by Gasteiger charge is 2.11. The fourth-order valence-electron chi connectivity index (χ4n) is 0.814. The number of hydrogen-bond donors (Lipinski definition) is 0. The Bertz CT molecular complexity index is 344. The van der Waals surface area contributed by atoms with E-state index in [1.807, 2.05) is 0 Å². The zero-order valence-electron chi connectivity index (χ0n) is 7.01. The van der Waals surface area contributed by atoms with Crippen LogP contribution in [0.5, 0.6) is 5.75 Å². The topological polar surface area (TPSA) is 33.0 Å². The smallest absolute Gasteiger partial charge is 0.190 e. The van der Waals surface area contributed by atoms with Gasteiger partial charge in [0.1, 0.15) is 6.61 Å². The number of benzene rings is 1. The molecular weight excluding hydrogens is 212 g/mol. The highest BCUT2D eigenvalue weighted by atomic mass is 35.5. The van der Waals surface area contributed by atoms with Crippen LogP contribution in [0, 0.1) is 23.0 Å². The fourth-order valence-corrected chi connectivity index (χ4v) is 0.877. The molecule has 0 radical (unpaired) electrons. The van der Waals surface area contributed by atoms with E-state index in [9.17, 15) is 8.78 Å². The molecular formula is C9H6ClF2NO. The van der Waals surface area contributed by atoms with Crippen LogP contribution in [0.2, 0.25) is 0 Å². The van der Waals surface area contributed by atoms with Gasteiger partial charge in [0.15, 0.2) is 22.8 Å². The normalized spacial score (nSPS) is 11.9. The lowest BCUT2D eigenvalue weighted by molar-refractivity contribution is 0.294. The van der Waals surface area contributed by atoms with Crippen molar-refractivity contribution in [2.45, 2.75) is 5.38 Å². The summed E-state index contributed by atoms with van der Waals surface area (Å²) in [6.07, 6.45) is 0. The van der Waals surface area contributed by atoms with E-state index in [-0.39, 0.29) is 6.61 Å². The molecule has 0 saturated carbocycles. The Morgan fingerprint density at radius 1 is 1.43 bits per heavy atom. The summed E-state index contributed by atoms with van der Waals surface area (Å²) in [6, 6.07) is 5.02. The number of rotatable bonds is 3. The molecule has 0 aliphatic heterocycles. The number of alkyl halides is 1. The molecule has 0 aliphatic rings. The minimum atomic E-state index is -0.922. The largest absolute Gasteiger partial charge is 0.485 e. The molecule has 5 heteroatoms. The first-order valence-electron chi connectivity index (χ1n) is 3.75. The van der Waals surface area contributed by atoms with Crippen molar-refractivity contribution in [3.8, 4) is 11.8 Å². The van der Waals surface area contributed by atoms with Gasteiger partial charge in [0, 0.05) is 0 Å². The van der Waals surface area contributed by atoms with Crippen molar-refractivity contribution < 1.29 is 13.5 Å². The molecule has 0 fully saturated rings. The van der Waals surface area contributed by atoms with Crippen LogP contribution in [0.15, 0.2) is 18.2 Å². The van der Waals surface area contributed by atoms with Gasteiger partial charge in [-0.3, -0.25) is 0 Å². The van der Waals surface area contributed by atoms with E-state index in [2.05, 4.69) is 0 Å². The summed E-state index contributed by atoms with van der Waals surface area (Å²) in [5.41, 5.74) is 0. The zero-order chi connectivity index (χ0) is 10.6. The van der Waals surface area contributed by atoms with Crippen molar-refractivity contribution in [1.29, 1.82) is 5.26 Å². The summed E-state index contributed by atoms with van der Waals surface area (Å²) in [5, 5.41) is 7.38. The number of halogens is 3. The molecule has 1 aromatic rings. The third-order valence-corrected chi connectivity index (χ3v) is 1.66. The van der Waals surface area contributed by atoms with Crippen molar-refractivity contribution in [2.75, 3.05) is 6.61 Å². The second-order valence-corrected chi connectivity index (χ2v) is 2.99. The molecule has 0 N–H and O–H groups in total. The SMILES string of the molecule is N#CC(Cl)COc1c(F)cccc1F. The molecule has 1 atom stereocenters. The maximum atomic E-state index is 12.9. The molecule has 0 saturated heterocycles. The lowest BCUT2D eigenvalue weighted by Gasteiger charge is -2.07. The maximum absolute atomic E-state index is 12.9. The van der Waals surface area contributed by atoms with Gasteiger partial charge >= 0.3 is 0 Å². The van der Waals surface area contributed by atoms with Gasteiger partial charge in [-0.15, -0.1) is 11.6 Å². The van der Waals surface area contributed by atoms with E-state index < -0.39 is 22.8 Å². The molecule has 2 nitrogen and oxygen atoms in total. The van der Waals surface area contributed by atoms with Crippen LogP contribution in [-0.2, 0) is 0 Å². The van der Waals surface area contributed by atoms with Crippen LogP contribution in [0.1, 0.15) is 0 Å². The van der Waals surface area contributed by atoms with Gasteiger partial charge in [0.25, 0.3) is 0 Å². The second kappa shape index (κ2) is 4.77. The summed E-state index contributed by atoms with van der Waals surface area (Å²) >= 11 is 5.39. The molecule has 0 heterocycles. The van der Waals surface area contributed by atoms with Gasteiger partial charge in [-0.05, 0) is 12.1 Å². The summed E-state index contributed by atoms with van der Waals surface area (Å²) < 4.78 is 30.5. The zero-order valence-corrected chi connectivity index (χ0v) is 7.76. The Morgan fingerprint density at radius 3 is 2.50 bits per heavy atom. The number of hydrogen-bond acceptors (Lipinski definition) is 2. The quantitative estimate of drug-likeness (QED) is 0.729. The van der Waals surface area contributed by atoms with Gasteiger partial charge in [0.05, 0.1) is 6.07 Å². The van der Waals surface area contributed by atoms with Crippen molar-refractivity contribution in [3.63, 3.8) is 0 Å². The number of ether oxygens (including phenoxy) is 1. The van der Waals surface area contributed by atoms with Gasteiger partial charge in [0.2, 0.25) is 0 Å². The van der Waals surface area contributed by atoms with Crippen LogP contribution in [0.25, 0.3) is 0 Å². The van der Waals surface area contributed by atoms with E-state index >= 15 is 0 Å².